The van der Waals surface area contributed by atoms with E-state index in [-0.39, 0.29) is 5.97 Å². The van der Waals surface area contributed by atoms with Gasteiger partial charge >= 0.3 is 5.97 Å². The number of carbonyl (C=O) groups is 1. The first-order valence-corrected chi connectivity index (χ1v) is 5.77. The van der Waals surface area contributed by atoms with Crippen LogP contribution in [0.5, 0.6) is 0 Å². The Morgan fingerprint density at radius 2 is 2.33 bits per heavy atom. The molecule has 96 valence electrons. The van der Waals surface area contributed by atoms with Crippen LogP contribution in [0, 0.1) is 17.2 Å². The number of anilines is 1. The van der Waals surface area contributed by atoms with Crippen LogP contribution >= 0.6 is 0 Å². The Kier molecular flexibility index (Phi) is 5.12. The molecule has 0 aromatic carbocycles. The second-order valence-corrected chi connectivity index (χ2v) is 4.38. The number of methoxy groups -OCH3 is 1. The fourth-order valence-electron chi connectivity index (χ4n) is 1.62. The largest absolute Gasteiger partial charge is 0.467 e. The molecule has 0 bridgehead atoms. The molecular formula is C13H17N3O2. The van der Waals surface area contributed by atoms with Crippen LogP contribution < -0.4 is 5.32 Å². The predicted molar refractivity (Wildman–Crippen MR) is 67.8 cm³/mol. The van der Waals surface area contributed by atoms with E-state index in [0.29, 0.717) is 23.6 Å². The summed E-state index contributed by atoms with van der Waals surface area (Å²) in [5, 5.41) is 12.0. The topological polar surface area (TPSA) is 75.0 Å². The van der Waals surface area contributed by atoms with Gasteiger partial charge in [-0.25, -0.2) is 4.79 Å². The first-order valence-electron chi connectivity index (χ1n) is 5.77. The van der Waals surface area contributed by atoms with Crippen LogP contribution in [0.1, 0.15) is 25.8 Å². The van der Waals surface area contributed by atoms with E-state index in [4.69, 9.17) is 10.00 Å². The second kappa shape index (κ2) is 6.60. The molecular weight excluding hydrogens is 230 g/mol. The average Bonchev–Trinajstić information content (AvgIpc) is 2.37. The van der Waals surface area contributed by atoms with Gasteiger partial charge in [-0.3, -0.25) is 4.98 Å². The first kappa shape index (κ1) is 14.0. The van der Waals surface area contributed by atoms with E-state index in [1.54, 1.807) is 12.3 Å². The van der Waals surface area contributed by atoms with Crippen molar-refractivity contribution in [3.05, 3.63) is 24.0 Å². The van der Waals surface area contributed by atoms with Crippen LogP contribution in [0.2, 0.25) is 0 Å². The van der Waals surface area contributed by atoms with Crippen molar-refractivity contribution in [2.45, 2.75) is 26.3 Å². The minimum atomic E-state index is -0.466. The van der Waals surface area contributed by atoms with Gasteiger partial charge in [0.15, 0.2) is 0 Å². The molecule has 0 saturated heterocycles. The molecule has 1 aromatic heterocycles. The molecule has 0 aliphatic carbocycles. The van der Waals surface area contributed by atoms with Crippen molar-refractivity contribution in [3.8, 4) is 6.07 Å². The molecule has 18 heavy (non-hydrogen) atoms. The summed E-state index contributed by atoms with van der Waals surface area (Å²) in [5.41, 5.74) is 1.01. The zero-order valence-corrected chi connectivity index (χ0v) is 10.8. The smallest absolute Gasteiger partial charge is 0.328 e. The van der Waals surface area contributed by atoms with Crippen LogP contribution in [0.25, 0.3) is 0 Å². The molecule has 0 saturated carbocycles. The molecule has 5 heteroatoms. The summed E-state index contributed by atoms with van der Waals surface area (Å²) in [4.78, 5) is 15.6. The number of pyridine rings is 1. The normalized spacial score (nSPS) is 11.7. The SMILES string of the molecule is COC(=O)C(CC(C)C)Nc1cnccc1C#N. The molecule has 1 aromatic rings. The van der Waals surface area contributed by atoms with Crippen molar-refractivity contribution in [1.29, 1.82) is 5.26 Å². The number of hydrogen-bond acceptors (Lipinski definition) is 5. The summed E-state index contributed by atoms with van der Waals surface area (Å²) < 4.78 is 4.75. The Balaban J connectivity index is 2.89. The van der Waals surface area contributed by atoms with Crippen molar-refractivity contribution in [1.82, 2.24) is 4.98 Å². The third-order valence-electron chi connectivity index (χ3n) is 2.46. The molecule has 5 nitrogen and oxygen atoms in total. The monoisotopic (exact) mass is 247 g/mol. The van der Waals surface area contributed by atoms with Crippen molar-refractivity contribution in [2.24, 2.45) is 5.92 Å². The van der Waals surface area contributed by atoms with E-state index >= 15 is 0 Å². The van der Waals surface area contributed by atoms with E-state index in [2.05, 4.69) is 16.4 Å². The third kappa shape index (κ3) is 3.74. The van der Waals surface area contributed by atoms with Crippen LogP contribution in [0.4, 0.5) is 5.69 Å². The summed E-state index contributed by atoms with van der Waals surface area (Å²) in [6, 6.07) is 3.19. The van der Waals surface area contributed by atoms with Gasteiger partial charge in [-0.2, -0.15) is 5.26 Å². The van der Waals surface area contributed by atoms with Gasteiger partial charge in [-0.05, 0) is 18.4 Å². The Bertz CT molecular complexity index is 452. The number of esters is 1. The van der Waals surface area contributed by atoms with E-state index in [1.165, 1.54) is 13.3 Å². The van der Waals surface area contributed by atoms with Crippen LogP contribution in [-0.2, 0) is 9.53 Å². The van der Waals surface area contributed by atoms with Crippen molar-refractivity contribution < 1.29 is 9.53 Å². The highest BCUT2D eigenvalue weighted by Crippen LogP contribution is 2.17. The molecule has 1 unspecified atom stereocenters. The summed E-state index contributed by atoms with van der Waals surface area (Å²) in [7, 11) is 1.35. The van der Waals surface area contributed by atoms with E-state index < -0.39 is 6.04 Å². The first-order chi connectivity index (χ1) is 8.58. The van der Waals surface area contributed by atoms with Gasteiger partial charge in [0.2, 0.25) is 0 Å². The summed E-state index contributed by atoms with van der Waals surface area (Å²) in [5.74, 6) is 0.000231. The highest BCUT2D eigenvalue weighted by atomic mass is 16.5. The van der Waals surface area contributed by atoms with E-state index in [1.807, 2.05) is 13.8 Å². The van der Waals surface area contributed by atoms with Gasteiger partial charge in [-0.15, -0.1) is 0 Å². The number of nitriles is 1. The van der Waals surface area contributed by atoms with Crippen molar-refractivity contribution >= 4 is 11.7 Å². The summed E-state index contributed by atoms with van der Waals surface area (Å²) in [6.45, 7) is 4.04. The fourth-order valence-corrected chi connectivity index (χ4v) is 1.62. The van der Waals surface area contributed by atoms with Gasteiger partial charge in [0.05, 0.1) is 24.6 Å². The quantitative estimate of drug-likeness (QED) is 0.805. The van der Waals surface area contributed by atoms with Gasteiger partial charge in [-0.1, -0.05) is 13.8 Å². The summed E-state index contributed by atoms with van der Waals surface area (Å²) in [6.07, 6.45) is 3.71. The van der Waals surface area contributed by atoms with Gasteiger partial charge < -0.3 is 10.1 Å². The number of rotatable bonds is 5. The van der Waals surface area contributed by atoms with E-state index in [0.717, 1.165) is 0 Å². The lowest BCUT2D eigenvalue weighted by atomic mass is 10.0. The van der Waals surface area contributed by atoms with Crippen LogP contribution in [0.15, 0.2) is 18.5 Å². The summed E-state index contributed by atoms with van der Waals surface area (Å²) >= 11 is 0. The highest BCUT2D eigenvalue weighted by Gasteiger charge is 2.21. The lowest BCUT2D eigenvalue weighted by Crippen LogP contribution is -2.32. The van der Waals surface area contributed by atoms with E-state index in [9.17, 15) is 4.79 Å². The second-order valence-electron chi connectivity index (χ2n) is 4.38. The Hall–Kier alpha value is -2.09. The fraction of sp³-hybridized carbons (Fsp3) is 0.462. The molecule has 0 aliphatic rings. The lowest BCUT2D eigenvalue weighted by Gasteiger charge is -2.19. The van der Waals surface area contributed by atoms with Gasteiger partial charge in [0.25, 0.3) is 0 Å². The maximum absolute atomic E-state index is 11.7. The molecule has 1 atom stereocenters. The Morgan fingerprint density at radius 3 is 2.89 bits per heavy atom. The molecule has 1 N–H and O–H groups in total. The zero-order chi connectivity index (χ0) is 13.5. The number of hydrogen-bond donors (Lipinski definition) is 1. The standard InChI is InChI=1S/C13H17N3O2/c1-9(2)6-11(13(17)18-3)16-12-8-15-5-4-10(12)7-14/h4-5,8-9,11,16H,6H2,1-3H3. The number of carbonyl (C=O) groups excluding carboxylic acids is 1. The molecule has 0 radical (unpaired) electrons. The molecule has 0 aliphatic heterocycles. The lowest BCUT2D eigenvalue weighted by molar-refractivity contribution is -0.141. The number of ether oxygens (including phenoxy) is 1. The highest BCUT2D eigenvalue weighted by molar-refractivity contribution is 5.79. The van der Waals surface area contributed by atoms with Crippen LogP contribution in [0.3, 0.4) is 0 Å². The van der Waals surface area contributed by atoms with Crippen LogP contribution in [-0.4, -0.2) is 24.1 Å². The number of aromatic nitrogens is 1. The Labute approximate surface area is 107 Å². The molecule has 0 amide bonds. The average molecular weight is 247 g/mol. The number of nitrogens with one attached hydrogen (secondary N) is 1. The molecule has 0 spiro atoms. The maximum atomic E-state index is 11.7. The molecule has 1 rings (SSSR count). The van der Waals surface area contributed by atoms with Crippen molar-refractivity contribution in [3.63, 3.8) is 0 Å². The predicted octanol–water partition coefficient (Wildman–Crippen LogP) is 1.95. The minimum absolute atomic E-state index is 0.337. The van der Waals surface area contributed by atoms with Crippen molar-refractivity contribution in [2.75, 3.05) is 12.4 Å². The number of nitrogens with zero attached hydrogens (tertiary/aromatic N) is 2. The third-order valence-corrected chi connectivity index (χ3v) is 2.46. The van der Waals surface area contributed by atoms with Gasteiger partial charge in [0.1, 0.15) is 12.1 Å². The molecule has 1 heterocycles. The minimum Gasteiger partial charge on any atom is -0.467 e. The Morgan fingerprint density at radius 1 is 1.61 bits per heavy atom. The molecule has 0 fully saturated rings. The van der Waals surface area contributed by atoms with Gasteiger partial charge in [0, 0.05) is 6.20 Å². The maximum Gasteiger partial charge on any atom is 0.328 e. The zero-order valence-electron chi connectivity index (χ0n) is 10.8.